The summed E-state index contributed by atoms with van der Waals surface area (Å²) in [7, 11) is 0. The molecule has 1 unspecified atom stereocenters. The van der Waals surface area contributed by atoms with Gasteiger partial charge in [-0.15, -0.1) is 0 Å². The zero-order valence-electron chi connectivity index (χ0n) is 9.46. The number of rotatable bonds is 1. The Hall–Kier alpha value is -0.860. The van der Waals surface area contributed by atoms with Gasteiger partial charge >= 0.3 is 0 Å². The molecule has 1 aliphatic heterocycles. The molecule has 2 atom stereocenters. The Morgan fingerprint density at radius 2 is 2.13 bits per heavy atom. The average Bonchev–Trinajstić information content (AvgIpc) is 2.23. The highest BCUT2D eigenvalue weighted by Gasteiger charge is 2.25. The molecule has 1 aromatic rings. The molecule has 2 N–H and O–H groups in total. The van der Waals surface area contributed by atoms with E-state index in [0.29, 0.717) is 5.92 Å². The van der Waals surface area contributed by atoms with Crippen molar-refractivity contribution in [1.29, 1.82) is 0 Å². The van der Waals surface area contributed by atoms with Gasteiger partial charge in [0.05, 0.1) is 6.10 Å². The van der Waals surface area contributed by atoms with E-state index in [-0.39, 0.29) is 6.10 Å². The first-order valence-electron chi connectivity index (χ1n) is 5.65. The van der Waals surface area contributed by atoms with Gasteiger partial charge in [-0.1, -0.05) is 18.2 Å². The minimum atomic E-state index is -0.237. The van der Waals surface area contributed by atoms with E-state index >= 15 is 0 Å². The predicted octanol–water partition coefficient (Wildman–Crippen LogP) is 1.74. The van der Waals surface area contributed by atoms with E-state index in [9.17, 15) is 5.11 Å². The van der Waals surface area contributed by atoms with Gasteiger partial charge in [-0.25, -0.2) is 0 Å². The Morgan fingerprint density at radius 1 is 1.33 bits per heavy atom. The van der Waals surface area contributed by atoms with Crippen molar-refractivity contribution in [2.45, 2.75) is 32.3 Å². The lowest BCUT2D eigenvalue weighted by molar-refractivity contribution is 0.118. The summed E-state index contributed by atoms with van der Waals surface area (Å²) in [5.41, 5.74) is 3.98. The standard InChI is InChI=1S/C13H19NO/c1-9-4-3-5-11(10(9)2)12-6-7-14-8-13(12)15/h3-5,12-15H,6-8H2,1-2H3/t12-,13?/m1/s1. The molecule has 1 aromatic carbocycles. The Kier molecular flexibility index (Phi) is 3.08. The zero-order valence-corrected chi connectivity index (χ0v) is 9.46. The molecule has 2 nitrogen and oxygen atoms in total. The highest BCUT2D eigenvalue weighted by molar-refractivity contribution is 5.36. The van der Waals surface area contributed by atoms with E-state index in [1.54, 1.807) is 0 Å². The van der Waals surface area contributed by atoms with E-state index in [2.05, 4.69) is 37.4 Å². The van der Waals surface area contributed by atoms with Gasteiger partial charge in [0.2, 0.25) is 0 Å². The van der Waals surface area contributed by atoms with E-state index < -0.39 is 0 Å². The third-order valence-corrected chi connectivity index (χ3v) is 3.50. The molecule has 0 bridgehead atoms. The van der Waals surface area contributed by atoms with E-state index in [1.807, 2.05) is 0 Å². The molecule has 2 rings (SSSR count). The Labute approximate surface area is 91.3 Å². The van der Waals surface area contributed by atoms with Crippen molar-refractivity contribution in [3.05, 3.63) is 34.9 Å². The lowest BCUT2D eigenvalue weighted by atomic mass is 9.84. The number of benzene rings is 1. The number of β-amino-alcohol motifs (C(OH)–C–C–N with tert-alkyl or cyclic N) is 1. The fourth-order valence-corrected chi connectivity index (χ4v) is 2.38. The van der Waals surface area contributed by atoms with E-state index in [1.165, 1.54) is 16.7 Å². The van der Waals surface area contributed by atoms with Gasteiger partial charge in [-0.3, -0.25) is 0 Å². The van der Waals surface area contributed by atoms with Gasteiger partial charge in [0, 0.05) is 12.5 Å². The summed E-state index contributed by atoms with van der Waals surface area (Å²) in [6.45, 7) is 6.01. The second kappa shape index (κ2) is 4.33. The molecule has 0 radical (unpaired) electrons. The largest absolute Gasteiger partial charge is 0.391 e. The number of aryl methyl sites for hydroxylation is 1. The van der Waals surface area contributed by atoms with Crippen molar-refractivity contribution in [3.8, 4) is 0 Å². The number of piperidine rings is 1. The van der Waals surface area contributed by atoms with Crippen LogP contribution in [0.5, 0.6) is 0 Å². The number of hydrogen-bond donors (Lipinski definition) is 2. The third-order valence-electron chi connectivity index (χ3n) is 3.50. The van der Waals surface area contributed by atoms with Crippen LogP contribution in [0, 0.1) is 13.8 Å². The summed E-state index contributed by atoms with van der Waals surface area (Å²) < 4.78 is 0. The summed E-state index contributed by atoms with van der Waals surface area (Å²) >= 11 is 0. The molecule has 82 valence electrons. The molecule has 0 aromatic heterocycles. The van der Waals surface area contributed by atoms with Crippen molar-refractivity contribution in [2.24, 2.45) is 0 Å². The Bertz CT molecular complexity index is 348. The highest BCUT2D eigenvalue weighted by atomic mass is 16.3. The topological polar surface area (TPSA) is 32.3 Å². The average molecular weight is 205 g/mol. The van der Waals surface area contributed by atoms with Crippen LogP contribution in [0.4, 0.5) is 0 Å². The maximum absolute atomic E-state index is 9.98. The first-order chi connectivity index (χ1) is 7.20. The minimum absolute atomic E-state index is 0.237. The molecule has 0 aliphatic carbocycles. The van der Waals surface area contributed by atoms with Crippen LogP contribution in [0.25, 0.3) is 0 Å². The number of hydrogen-bond acceptors (Lipinski definition) is 2. The summed E-state index contributed by atoms with van der Waals surface area (Å²) in [5, 5.41) is 13.2. The molecule has 0 saturated carbocycles. The molecule has 15 heavy (non-hydrogen) atoms. The molecular formula is C13H19NO. The van der Waals surface area contributed by atoms with Gasteiger partial charge in [0.25, 0.3) is 0 Å². The van der Waals surface area contributed by atoms with Crippen LogP contribution in [-0.2, 0) is 0 Å². The van der Waals surface area contributed by atoms with Crippen molar-refractivity contribution >= 4 is 0 Å². The quantitative estimate of drug-likeness (QED) is 0.732. The van der Waals surface area contributed by atoms with Crippen molar-refractivity contribution in [1.82, 2.24) is 5.32 Å². The van der Waals surface area contributed by atoms with Crippen molar-refractivity contribution in [3.63, 3.8) is 0 Å². The smallest absolute Gasteiger partial charge is 0.0733 e. The van der Waals surface area contributed by atoms with Crippen molar-refractivity contribution < 1.29 is 5.11 Å². The van der Waals surface area contributed by atoms with E-state index in [0.717, 1.165) is 19.5 Å². The number of aliphatic hydroxyl groups excluding tert-OH is 1. The normalized spacial score (nSPS) is 26.6. The van der Waals surface area contributed by atoms with Crippen molar-refractivity contribution in [2.75, 3.05) is 13.1 Å². The molecule has 1 fully saturated rings. The maximum Gasteiger partial charge on any atom is 0.0733 e. The molecule has 0 spiro atoms. The molecule has 0 amide bonds. The van der Waals surface area contributed by atoms with Crippen LogP contribution in [0.15, 0.2) is 18.2 Å². The van der Waals surface area contributed by atoms with Crippen LogP contribution >= 0.6 is 0 Å². The van der Waals surface area contributed by atoms with Crippen LogP contribution in [0.2, 0.25) is 0 Å². The van der Waals surface area contributed by atoms with Gasteiger partial charge in [-0.05, 0) is 43.5 Å². The summed E-state index contributed by atoms with van der Waals surface area (Å²) in [5.74, 6) is 0.311. The third kappa shape index (κ3) is 2.06. The Balaban J connectivity index is 2.31. The minimum Gasteiger partial charge on any atom is -0.391 e. The van der Waals surface area contributed by atoms with Crippen LogP contribution < -0.4 is 5.32 Å². The van der Waals surface area contributed by atoms with Gasteiger partial charge in [0.1, 0.15) is 0 Å². The predicted molar refractivity (Wildman–Crippen MR) is 62.2 cm³/mol. The summed E-state index contributed by atoms with van der Waals surface area (Å²) in [4.78, 5) is 0. The SMILES string of the molecule is Cc1cccc([C@H]2CCNCC2O)c1C. The lowest BCUT2D eigenvalue weighted by Crippen LogP contribution is -2.39. The van der Waals surface area contributed by atoms with E-state index in [4.69, 9.17) is 0 Å². The summed E-state index contributed by atoms with van der Waals surface area (Å²) in [6, 6.07) is 6.38. The first-order valence-corrected chi connectivity index (χ1v) is 5.65. The van der Waals surface area contributed by atoms with Gasteiger partial charge < -0.3 is 10.4 Å². The molecule has 1 aliphatic rings. The molecule has 1 heterocycles. The fraction of sp³-hybridized carbons (Fsp3) is 0.538. The number of aliphatic hydroxyl groups is 1. The number of nitrogens with one attached hydrogen (secondary N) is 1. The highest BCUT2D eigenvalue weighted by Crippen LogP contribution is 2.29. The monoisotopic (exact) mass is 205 g/mol. The molecule has 2 heteroatoms. The fourth-order valence-electron chi connectivity index (χ4n) is 2.38. The van der Waals surface area contributed by atoms with Gasteiger partial charge in [-0.2, -0.15) is 0 Å². The lowest BCUT2D eigenvalue weighted by Gasteiger charge is -2.30. The Morgan fingerprint density at radius 3 is 2.87 bits per heavy atom. The van der Waals surface area contributed by atoms with Crippen LogP contribution in [0.3, 0.4) is 0 Å². The second-order valence-corrected chi connectivity index (χ2v) is 4.46. The van der Waals surface area contributed by atoms with Crippen LogP contribution in [-0.4, -0.2) is 24.3 Å². The summed E-state index contributed by atoms with van der Waals surface area (Å²) in [6.07, 6.45) is 0.796. The first kappa shape index (κ1) is 10.7. The second-order valence-electron chi connectivity index (χ2n) is 4.46. The molecule has 1 saturated heterocycles. The maximum atomic E-state index is 9.98. The van der Waals surface area contributed by atoms with Gasteiger partial charge in [0.15, 0.2) is 0 Å². The zero-order chi connectivity index (χ0) is 10.8. The molecular weight excluding hydrogens is 186 g/mol. The van der Waals surface area contributed by atoms with Crippen LogP contribution in [0.1, 0.15) is 29.0 Å².